The molecule has 0 aliphatic heterocycles. The van der Waals surface area contributed by atoms with Gasteiger partial charge in [0.2, 0.25) is 29.7 Å². The van der Waals surface area contributed by atoms with E-state index in [2.05, 4.69) is 0 Å². The minimum atomic E-state index is -8.27. The molecule has 0 bridgehead atoms. The molecular weight excluding hydrogens is 1060 g/mol. The first kappa shape index (κ1) is 54.3. The third-order valence-electron chi connectivity index (χ3n) is 11.8. The average molecular weight is 1070 g/mol. The van der Waals surface area contributed by atoms with E-state index in [1.165, 1.54) is 0 Å². The summed E-state index contributed by atoms with van der Waals surface area (Å²) >= 11 is 0. The van der Waals surface area contributed by atoms with Crippen molar-refractivity contribution in [3.05, 3.63) is 151 Å². The largest absolute Gasteiger partial charge is 0.498 e. The molecule has 0 unspecified atom stereocenters. The smallest absolute Gasteiger partial charge is 0.244 e. The van der Waals surface area contributed by atoms with Gasteiger partial charge in [0.05, 0.1) is 42.4 Å². The molecule has 0 fully saturated rings. The predicted molar refractivity (Wildman–Crippen MR) is 198 cm³/mol. The van der Waals surface area contributed by atoms with Crippen LogP contribution in [0.3, 0.4) is 0 Å². The SMILES string of the molecule is CC[P+](CC)(CC)c1c(F)c(F)c([B-](F)(c2c(F)c(F)c(F)c(F)c2-c2c(F)c(F)c(F)c(F)c2F)c2c(F)c(F)c(F)c(F)c2-c2c(F)c(F)c(F)c(F)c2F)c(-c2c(F)c(F)c(F)c(F)c2F)c1F. The van der Waals surface area contributed by atoms with E-state index in [9.17, 15) is 30.7 Å². The minimum absolute atomic E-state index is 0.685. The van der Waals surface area contributed by atoms with E-state index in [0.717, 1.165) is 20.8 Å². The summed E-state index contributed by atoms with van der Waals surface area (Å²) < 4.78 is 428. The van der Waals surface area contributed by atoms with Gasteiger partial charge in [-0.3, -0.25) is 0 Å². The molecule has 71 heavy (non-hydrogen) atoms. The molecule has 0 nitrogen and oxygen atoms in total. The van der Waals surface area contributed by atoms with Crippen molar-refractivity contribution in [2.24, 2.45) is 0 Å². The highest BCUT2D eigenvalue weighted by Crippen LogP contribution is 2.58. The normalized spacial score (nSPS) is 12.3. The van der Waals surface area contributed by atoms with E-state index in [1.54, 1.807) is 0 Å². The van der Waals surface area contributed by atoms with Gasteiger partial charge in [-0.2, -0.15) is 4.39 Å². The first-order valence-corrected chi connectivity index (χ1v) is 21.4. The molecule has 0 saturated heterocycles. The fourth-order valence-electron chi connectivity index (χ4n) is 8.28. The summed E-state index contributed by atoms with van der Waals surface area (Å²) in [4.78, 5) is 0. The van der Waals surface area contributed by atoms with E-state index in [1.807, 2.05) is 0 Å². The molecule has 0 heterocycles. The van der Waals surface area contributed by atoms with Crippen molar-refractivity contribution in [1.82, 2.24) is 0 Å². The number of hydrogen-bond acceptors (Lipinski definition) is 0. The first-order chi connectivity index (χ1) is 32.8. The molecule has 0 spiro atoms. The van der Waals surface area contributed by atoms with Gasteiger partial charge >= 0.3 is 0 Å². The Labute approximate surface area is 377 Å². The Hall–Kier alpha value is -6.08. The van der Waals surface area contributed by atoms with Crippen LogP contribution in [0.2, 0.25) is 0 Å². The van der Waals surface area contributed by atoms with E-state index < -0.39 is 238 Å². The van der Waals surface area contributed by atoms with Crippen molar-refractivity contribution in [2.45, 2.75) is 20.8 Å². The highest BCUT2D eigenvalue weighted by molar-refractivity contribution is 7.82. The fourth-order valence-corrected chi connectivity index (χ4v) is 11.6. The number of rotatable bonds is 10. The molecule has 0 radical (unpaired) electrons. The monoisotopic (exact) mass is 1070 g/mol. The molecule has 0 atom stereocenters. The molecule has 0 aliphatic rings. The standard InChI is InChI=1S/C42H15BF27P/c1-4-71(5-2,6-3)42-24(52)9(12-22(50)34(62)40(68)35(63)23(12)51)15(27(55)41(42)69)43(70,13-7(16(44)28(56)36(64)25(13)53)10-18(46)30(58)38(66)31(59)19(10)47)14-8(17(45)29(57)37(65)26(14)54)11-20(48)32(60)39(67)33(61)21(11)49/h4-6H2,1-3H3. The van der Waals surface area contributed by atoms with Gasteiger partial charge in [-0.1, -0.05) is 0 Å². The summed E-state index contributed by atoms with van der Waals surface area (Å²) in [6.45, 7) is 3.00. The maximum absolute atomic E-state index is 19.8. The molecule has 6 rings (SSSR count). The Morgan fingerprint density at radius 3 is 0.620 bits per heavy atom. The summed E-state index contributed by atoms with van der Waals surface area (Å²) in [5.41, 5.74) is -32.8. The summed E-state index contributed by atoms with van der Waals surface area (Å²) in [6.07, 6.45) is -10.3. The second-order valence-electron chi connectivity index (χ2n) is 14.9. The maximum atomic E-state index is 19.8. The Bertz CT molecular complexity index is 3080. The van der Waals surface area contributed by atoms with Crippen LogP contribution in [0.25, 0.3) is 33.4 Å². The number of benzene rings is 6. The summed E-state index contributed by atoms with van der Waals surface area (Å²) in [7, 11) is -4.09. The van der Waals surface area contributed by atoms with Crippen LogP contribution in [-0.4, -0.2) is 24.9 Å². The summed E-state index contributed by atoms with van der Waals surface area (Å²) in [5, 5.41) is -1.97. The van der Waals surface area contributed by atoms with Crippen LogP contribution in [0.15, 0.2) is 0 Å². The molecule has 6 aromatic carbocycles. The minimum Gasteiger partial charge on any atom is -0.498 e. The van der Waals surface area contributed by atoms with Gasteiger partial charge in [0.15, 0.2) is 116 Å². The van der Waals surface area contributed by atoms with Gasteiger partial charge in [0.1, 0.15) is 17.5 Å². The lowest BCUT2D eigenvalue weighted by Gasteiger charge is -2.41. The maximum Gasteiger partial charge on any atom is 0.244 e. The van der Waals surface area contributed by atoms with E-state index >= 15 is 87.7 Å². The zero-order valence-corrected chi connectivity index (χ0v) is 35.2. The van der Waals surface area contributed by atoms with Crippen molar-refractivity contribution in [2.75, 3.05) is 18.5 Å². The molecule has 0 aromatic heterocycles. The highest BCUT2D eigenvalue weighted by Gasteiger charge is 2.53. The van der Waals surface area contributed by atoms with Gasteiger partial charge in [-0.05, 0) is 37.5 Å². The Morgan fingerprint density at radius 2 is 0.394 bits per heavy atom. The van der Waals surface area contributed by atoms with Gasteiger partial charge < -0.3 is 4.32 Å². The van der Waals surface area contributed by atoms with Crippen LogP contribution in [0.5, 0.6) is 0 Å². The molecule has 0 N–H and O–H groups in total. The number of hydrogen-bond donors (Lipinski definition) is 0. The van der Waals surface area contributed by atoms with Crippen molar-refractivity contribution in [1.29, 1.82) is 0 Å². The molecule has 29 heteroatoms. The second kappa shape index (κ2) is 18.5. The molecule has 0 amide bonds. The van der Waals surface area contributed by atoms with Gasteiger partial charge in [-0.25, -0.2) is 110 Å². The van der Waals surface area contributed by atoms with Crippen LogP contribution < -0.4 is 21.7 Å². The van der Waals surface area contributed by atoms with Crippen LogP contribution in [0, 0.1) is 151 Å². The van der Waals surface area contributed by atoms with Crippen LogP contribution in [0.4, 0.5) is 118 Å². The highest BCUT2D eigenvalue weighted by atomic mass is 31.2. The third kappa shape index (κ3) is 7.33. The Balaban J connectivity index is 2.22. The first-order valence-electron chi connectivity index (χ1n) is 19.0. The lowest BCUT2D eigenvalue weighted by Crippen LogP contribution is -2.69. The molecule has 380 valence electrons. The van der Waals surface area contributed by atoms with Crippen LogP contribution in [0.1, 0.15) is 20.8 Å². The quantitative estimate of drug-likeness (QED) is 0.0422. The van der Waals surface area contributed by atoms with Crippen molar-refractivity contribution >= 4 is 35.4 Å². The van der Waals surface area contributed by atoms with E-state index in [4.69, 9.17) is 0 Å². The lowest BCUT2D eigenvalue weighted by atomic mass is 9.28. The molecule has 6 aromatic rings. The Kier molecular flexibility index (Phi) is 14.1. The van der Waals surface area contributed by atoms with Gasteiger partial charge in [-0.15, -0.1) is 16.4 Å². The second-order valence-corrected chi connectivity index (χ2v) is 19.5. The molecule has 0 aliphatic carbocycles. The summed E-state index contributed by atoms with van der Waals surface area (Å²) in [5.74, 6) is -94.0. The van der Waals surface area contributed by atoms with Gasteiger partial charge in [0, 0.05) is 0 Å². The fraction of sp³-hybridized carbons (Fsp3) is 0.143. The zero-order chi connectivity index (χ0) is 53.9. The van der Waals surface area contributed by atoms with Crippen molar-refractivity contribution in [3.63, 3.8) is 0 Å². The predicted octanol–water partition coefficient (Wildman–Crippen LogP) is 12.9. The number of halogens is 27. The van der Waals surface area contributed by atoms with Gasteiger partial charge in [0.25, 0.3) is 0 Å². The topological polar surface area (TPSA) is 0 Å². The molecular formula is C42H15BF27P. The Morgan fingerprint density at radius 1 is 0.225 bits per heavy atom. The third-order valence-corrected chi connectivity index (χ3v) is 16.8. The van der Waals surface area contributed by atoms with Crippen LogP contribution in [-0.2, 0) is 0 Å². The zero-order valence-electron chi connectivity index (χ0n) is 34.4. The summed E-state index contributed by atoms with van der Waals surface area (Å²) in [6, 6.07) is 0. The lowest BCUT2D eigenvalue weighted by molar-refractivity contribution is 0.379. The molecule has 0 saturated carbocycles. The average Bonchev–Trinajstić information content (AvgIpc) is 3.34. The van der Waals surface area contributed by atoms with Crippen LogP contribution >= 0.6 is 7.26 Å². The van der Waals surface area contributed by atoms with E-state index in [0.29, 0.717) is 0 Å². The van der Waals surface area contributed by atoms with Crippen molar-refractivity contribution in [3.8, 4) is 33.4 Å². The van der Waals surface area contributed by atoms with E-state index in [-0.39, 0.29) is 0 Å². The van der Waals surface area contributed by atoms with Crippen molar-refractivity contribution < 1.29 is 118 Å².